The second-order valence-electron chi connectivity index (χ2n) is 11.7. The first-order valence-corrected chi connectivity index (χ1v) is 13.3. The monoisotopic (exact) mass is 537 g/mol. The molecule has 0 spiro atoms. The van der Waals surface area contributed by atoms with Gasteiger partial charge in [0.05, 0.1) is 12.2 Å². The number of pyridine rings is 1. The van der Waals surface area contributed by atoms with Gasteiger partial charge in [-0.25, -0.2) is 8.78 Å². The maximum Gasteiger partial charge on any atom is 0.185 e. The zero-order valence-electron chi connectivity index (χ0n) is 22.3. The highest BCUT2D eigenvalue weighted by Crippen LogP contribution is 2.41. The van der Waals surface area contributed by atoms with E-state index in [2.05, 4.69) is 15.0 Å². The number of benzene rings is 1. The first-order valence-electron chi connectivity index (χ1n) is 13.3. The van der Waals surface area contributed by atoms with Gasteiger partial charge in [-0.15, -0.1) is 0 Å². The standard InChI is InChI=1S/C30H33F2N3O4/c1-29(2,28-5-3-4-9-33-28)13-22(36)14-30(18-35(19-30)16-20-8-10-38-17-20)15-26(37)25-12-27(39-34-25)23-7-6-21(31)11-24(23)32/h3-7,9,11-12,20H,8,10,13-19H2,1-2H3. The number of rotatable bonds is 11. The number of hydrogen-bond donors (Lipinski definition) is 0. The molecular formula is C30H33F2N3O4. The fraction of sp³-hybridized carbons (Fsp3) is 0.467. The van der Waals surface area contributed by atoms with Gasteiger partial charge in [0.1, 0.15) is 23.1 Å². The van der Waals surface area contributed by atoms with E-state index < -0.39 is 22.5 Å². The summed E-state index contributed by atoms with van der Waals surface area (Å²) in [4.78, 5) is 33.4. The van der Waals surface area contributed by atoms with Crippen molar-refractivity contribution in [2.24, 2.45) is 11.3 Å². The van der Waals surface area contributed by atoms with E-state index in [4.69, 9.17) is 9.26 Å². The third-order valence-corrected chi connectivity index (χ3v) is 7.76. The van der Waals surface area contributed by atoms with Crippen molar-refractivity contribution in [3.05, 3.63) is 71.7 Å². The number of Topliss-reactive ketones (excluding diaryl/α,β-unsaturated/α-hetero) is 2. The Balaban J connectivity index is 1.29. The van der Waals surface area contributed by atoms with Crippen LogP contribution in [0, 0.1) is 23.0 Å². The van der Waals surface area contributed by atoms with Crippen molar-refractivity contribution < 1.29 is 27.6 Å². The van der Waals surface area contributed by atoms with Crippen LogP contribution in [0.3, 0.4) is 0 Å². The largest absolute Gasteiger partial charge is 0.381 e. The van der Waals surface area contributed by atoms with Gasteiger partial charge in [-0.2, -0.15) is 0 Å². The molecule has 0 bridgehead atoms. The lowest BCUT2D eigenvalue weighted by molar-refractivity contribution is -0.126. The van der Waals surface area contributed by atoms with Crippen molar-refractivity contribution >= 4 is 11.6 Å². The first-order chi connectivity index (χ1) is 18.6. The molecule has 9 heteroatoms. The molecule has 0 amide bonds. The topological polar surface area (TPSA) is 85.5 Å². The summed E-state index contributed by atoms with van der Waals surface area (Å²) < 4.78 is 38.3. The average molecular weight is 538 g/mol. The number of carbonyl (C=O) groups excluding carboxylic acids is 2. The summed E-state index contributed by atoms with van der Waals surface area (Å²) in [6.45, 7) is 7.65. The number of nitrogens with zero attached hydrogens (tertiary/aromatic N) is 3. The summed E-state index contributed by atoms with van der Waals surface area (Å²) in [5.74, 6) is -1.18. The van der Waals surface area contributed by atoms with Crippen LogP contribution in [0.15, 0.2) is 53.2 Å². The molecule has 2 aromatic heterocycles. The van der Waals surface area contributed by atoms with E-state index in [0.29, 0.717) is 25.4 Å². The van der Waals surface area contributed by atoms with Gasteiger partial charge < -0.3 is 14.2 Å². The molecule has 7 nitrogen and oxygen atoms in total. The Hall–Kier alpha value is -3.30. The molecule has 0 aliphatic carbocycles. The van der Waals surface area contributed by atoms with Gasteiger partial charge in [0.15, 0.2) is 11.5 Å². The van der Waals surface area contributed by atoms with Gasteiger partial charge in [-0.05, 0) is 36.6 Å². The quantitative estimate of drug-likeness (QED) is 0.309. The molecule has 206 valence electrons. The minimum atomic E-state index is -0.798. The van der Waals surface area contributed by atoms with Gasteiger partial charge in [-0.1, -0.05) is 25.1 Å². The molecular weight excluding hydrogens is 504 g/mol. The molecule has 0 N–H and O–H groups in total. The third-order valence-electron chi connectivity index (χ3n) is 7.76. The van der Waals surface area contributed by atoms with E-state index in [0.717, 1.165) is 44.0 Å². The fourth-order valence-corrected chi connectivity index (χ4v) is 5.89. The SMILES string of the molecule is CC(C)(CC(=O)CC1(CC(=O)c2cc(-c3ccc(F)cc3F)on2)CN(CC2CCOC2)C1)c1ccccn1. The number of ether oxygens (including phenoxy) is 1. The van der Waals surface area contributed by atoms with Crippen molar-refractivity contribution in [3.63, 3.8) is 0 Å². The maximum absolute atomic E-state index is 14.2. The Labute approximate surface area is 226 Å². The van der Waals surface area contributed by atoms with Crippen LogP contribution in [0.4, 0.5) is 8.78 Å². The van der Waals surface area contributed by atoms with Crippen molar-refractivity contribution in [2.75, 3.05) is 32.8 Å². The lowest BCUT2D eigenvalue weighted by atomic mass is 9.69. The van der Waals surface area contributed by atoms with Crippen LogP contribution in [0.5, 0.6) is 0 Å². The summed E-state index contributed by atoms with van der Waals surface area (Å²) in [5.41, 5.74) is -0.0130. The van der Waals surface area contributed by atoms with E-state index in [1.54, 1.807) is 6.20 Å². The number of halogens is 2. The Bertz CT molecular complexity index is 1330. The van der Waals surface area contributed by atoms with E-state index in [1.165, 1.54) is 12.1 Å². The number of ketones is 2. The second-order valence-corrected chi connectivity index (χ2v) is 11.7. The molecule has 2 aliphatic heterocycles. The van der Waals surface area contributed by atoms with Gasteiger partial charge in [-0.3, -0.25) is 14.6 Å². The summed E-state index contributed by atoms with van der Waals surface area (Å²) in [6, 6.07) is 10.2. The number of likely N-dealkylation sites (tertiary alicyclic amines) is 1. The third kappa shape index (κ3) is 6.31. The zero-order chi connectivity index (χ0) is 27.6. The van der Waals surface area contributed by atoms with E-state index in [1.807, 2.05) is 32.0 Å². The lowest BCUT2D eigenvalue weighted by Crippen LogP contribution is -2.59. The lowest BCUT2D eigenvalue weighted by Gasteiger charge is -2.51. The van der Waals surface area contributed by atoms with Crippen molar-refractivity contribution in [2.45, 2.75) is 44.9 Å². The fourth-order valence-electron chi connectivity index (χ4n) is 5.89. The smallest absolute Gasteiger partial charge is 0.185 e. The van der Waals surface area contributed by atoms with Crippen LogP contribution in [-0.4, -0.2) is 59.5 Å². The summed E-state index contributed by atoms with van der Waals surface area (Å²) >= 11 is 0. The van der Waals surface area contributed by atoms with Gasteiger partial charge >= 0.3 is 0 Å². The molecule has 2 saturated heterocycles. The highest BCUT2D eigenvalue weighted by atomic mass is 19.1. The number of aromatic nitrogens is 2. The number of hydrogen-bond acceptors (Lipinski definition) is 7. The molecule has 39 heavy (non-hydrogen) atoms. The van der Waals surface area contributed by atoms with Crippen LogP contribution < -0.4 is 0 Å². The van der Waals surface area contributed by atoms with Crippen LogP contribution in [0.1, 0.15) is 55.7 Å². The average Bonchev–Trinajstić information content (AvgIpc) is 3.56. The highest BCUT2D eigenvalue weighted by molar-refractivity contribution is 5.96. The Kier molecular flexibility index (Phi) is 7.73. The van der Waals surface area contributed by atoms with Crippen molar-refractivity contribution in [3.8, 4) is 11.3 Å². The Morgan fingerprint density at radius 3 is 2.64 bits per heavy atom. The molecule has 1 atom stereocenters. The molecule has 5 rings (SSSR count). The van der Waals surface area contributed by atoms with Crippen LogP contribution in [0.2, 0.25) is 0 Å². The predicted octanol–water partition coefficient (Wildman–Crippen LogP) is 5.25. The summed E-state index contributed by atoms with van der Waals surface area (Å²) in [7, 11) is 0. The highest BCUT2D eigenvalue weighted by Gasteiger charge is 2.47. The van der Waals surface area contributed by atoms with Crippen LogP contribution >= 0.6 is 0 Å². The minimum absolute atomic E-state index is 0.0261. The minimum Gasteiger partial charge on any atom is -0.381 e. The van der Waals surface area contributed by atoms with Gasteiger partial charge in [0.2, 0.25) is 0 Å². The van der Waals surface area contributed by atoms with E-state index in [9.17, 15) is 18.4 Å². The molecule has 4 heterocycles. The van der Waals surface area contributed by atoms with Crippen molar-refractivity contribution in [1.29, 1.82) is 0 Å². The molecule has 0 saturated carbocycles. The van der Waals surface area contributed by atoms with Gasteiger partial charge in [0, 0.05) is 80.4 Å². The van der Waals surface area contributed by atoms with E-state index >= 15 is 0 Å². The summed E-state index contributed by atoms with van der Waals surface area (Å²) in [5, 5.41) is 3.87. The van der Waals surface area contributed by atoms with Crippen LogP contribution in [-0.2, 0) is 14.9 Å². The second kappa shape index (κ2) is 11.1. The molecule has 3 aromatic rings. The molecule has 2 aliphatic rings. The van der Waals surface area contributed by atoms with Crippen molar-refractivity contribution in [1.82, 2.24) is 15.0 Å². The summed E-state index contributed by atoms with van der Waals surface area (Å²) in [6.07, 6.45) is 3.44. The first kappa shape index (κ1) is 27.3. The molecule has 1 unspecified atom stereocenters. The number of carbonyl (C=O) groups is 2. The predicted molar refractivity (Wildman–Crippen MR) is 140 cm³/mol. The molecule has 0 radical (unpaired) electrons. The van der Waals surface area contributed by atoms with E-state index in [-0.39, 0.29) is 41.4 Å². The normalized spacial score (nSPS) is 19.1. The zero-order valence-corrected chi connectivity index (χ0v) is 22.3. The van der Waals surface area contributed by atoms with Crippen LogP contribution in [0.25, 0.3) is 11.3 Å². The maximum atomic E-state index is 14.2. The molecule has 1 aromatic carbocycles. The molecule has 2 fully saturated rings. The Morgan fingerprint density at radius 1 is 1.13 bits per heavy atom. The van der Waals surface area contributed by atoms with Gasteiger partial charge in [0.25, 0.3) is 0 Å². The Morgan fingerprint density at radius 2 is 1.95 bits per heavy atom.